The van der Waals surface area contributed by atoms with Crippen LogP contribution in [0.2, 0.25) is 0 Å². The van der Waals surface area contributed by atoms with Crippen LogP contribution in [0.3, 0.4) is 0 Å². The summed E-state index contributed by atoms with van der Waals surface area (Å²) in [5.74, 6) is 0.796. The van der Waals surface area contributed by atoms with E-state index in [0.717, 1.165) is 23.4 Å². The third-order valence-electron chi connectivity index (χ3n) is 3.64. The molecular formula is C14H17N3O2S. The van der Waals surface area contributed by atoms with Gasteiger partial charge in [0, 0.05) is 23.0 Å². The highest BCUT2D eigenvalue weighted by Gasteiger charge is 2.31. The van der Waals surface area contributed by atoms with Crippen molar-refractivity contribution in [2.24, 2.45) is 11.7 Å². The average Bonchev–Trinajstić information content (AvgIpc) is 3.28. The fourth-order valence-electron chi connectivity index (χ4n) is 2.34. The van der Waals surface area contributed by atoms with Crippen LogP contribution < -0.4 is 16.4 Å². The maximum Gasteiger partial charge on any atom is 0.251 e. The van der Waals surface area contributed by atoms with Gasteiger partial charge in [-0.05, 0) is 37.0 Å². The molecule has 1 saturated carbocycles. The number of nitrogens with one attached hydrogen (secondary N) is 2. The van der Waals surface area contributed by atoms with Crippen molar-refractivity contribution in [2.75, 3.05) is 17.6 Å². The van der Waals surface area contributed by atoms with E-state index in [4.69, 9.17) is 5.73 Å². The van der Waals surface area contributed by atoms with E-state index in [9.17, 15) is 9.59 Å². The molecule has 2 amide bonds. The summed E-state index contributed by atoms with van der Waals surface area (Å²) in [5, 5.41) is 5.77. The molecule has 1 aromatic carbocycles. The summed E-state index contributed by atoms with van der Waals surface area (Å²) in [4.78, 5) is 24.6. The lowest BCUT2D eigenvalue weighted by molar-refractivity contribution is -0.113. The molecule has 6 heteroatoms. The van der Waals surface area contributed by atoms with E-state index in [1.165, 1.54) is 11.8 Å². The van der Waals surface area contributed by atoms with Crippen molar-refractivity contribution in [3.05, 3.63) is 23.8 Å². The number of hydrogen-bond donors (Lipinski definition) is 3. The molecule has 106 valence electrons. The second-order valence-electron chi connectivity index (χ2n) is 5.20. The van der Waals surface area contributed by atoms with Gasteiger partial charge in [-0.3, -0.25) is 9.59 Å². The number of thioether (sulfide) groups is 1. The zero-order chi connectivity index (χ0) is 14.1. The van der Waals surface area contributed by atoms with E-state index in [1.54, 1.807) is 12.1 Å². The quantitative estimate of drug-likeness (QED) is 0.778. The zero-order valence-corrected chi connectivity index (χ0v) is 11.8. The zero-order valence-electron chi connectivity index (χ0n) is 11.0. The Balaban J connectivity index is 1.74. The van der Waals surface area contributed by atoms with Crippen molar-refractivity contribution in [3.8, 4) is 0 Å². The van der Waals surface area contributed by atoms with Crippen LogP contribution in [0.25, 0.3) is 0 Å². The fourth-order valence-corrected chi connectivity index (χ4v) is 3.13. The second-order valence-corrected chi connectivity index (χ2v) is 6.22. The van der Waals surface area contributed by atoms with Gasteiger partial charge in [0.1, 0.15) is 0 Å². The molecular weight excluding hydrogens is 274 g/mol. The average molecular weight is 291 g/mol. The highest BCUT2D eigenvalue weighted by Crippen LogP contribution is 2.33. The number of amides is 2. The van der Waals surface area contributed by atoms with Crippen LogP contribution >= 0.6 is 11.8 Å². The Bertz CT molecular complexity index is 557. The lowest BCUT2D eigenvalue weighted by atomic mass is 10.1. The van der Waals surface area contributed by atoms with Gasteiger partial charge in [0.2, 0.25) is 5.91 Å². The van der Waals surface area contributed by atoms with Crippen molar-refractivity contribution < 1.29 is 9.59 Å². The molecule has 1 fully saturated rings. The third-order valence-corrected chi connectivity index (χ3v) is 4.71. The van der Waals surface area contributed by atoms with Crippen LogP contribution in [0.15, 0.2) is 23.1 Å². The maximum atomic E-state index is 12.2. The van der Waals surface area contributed by atoms with Gasteiger partial charge >= 0.3 is 0 Å². The van der Waals surface area contributed by atoms with Crippen LogP contribution in [-0.2, 0) is 4.79 Å². The minimum absolute atomic E-state index is 0.0297. The van der Waals surface area contributed by atoms with Crippen molar-refractivity contribution in [2.45, 2.75) is 23.8 Å². The number of carbonyl (C=O) groups is 2. The van der Waals surface area contributed by atoms with Crippen LogP contribution in [0.4, 0.5) is 5.69 Å². The van der Waals surface area contributed by atoms with Gasteiger partial charge in [-0.2, -0.15) is 0 Å². The van der Waals surface area contributed by atoms with E-state index in [0.29, 0.717) is 23.8 Å². The molecule has 1 aromatic rings. The van der Waals surface area contributed by atoms with Gasteiger partial charge in [-0.1, -0.05) is 0 Å². The SMILES string of the molecule is NCC(NC(=O)c1ccc2c(c1)NC(=O)CS2)C1CC1. The smallest absolute Gasteiger partial charge is 0.251 e. The highest BCUT2D eigenvalue weighted by molar-refractivity contribution is 8.00. The number of rotatable bonds is 4. The molecule has 1 unspecified atom stereocenters. The van der Waals surface area contributed by atoms with Crippen molar-refractivity contribution in [1.82, 2.24) is 5.32 Å². The molecule has 1 heterocycles. The largest absolute Gasteiger partial charge is 0.348 e. The summed E-state index contributed by atoms with van der Waals surface area (Å²) >= 11 is 1.49. The number of carbonyl (C=O) groups excluding carboxylic acids is 2. The monoisotopic (exact) mass is 291 g/mol. The van der Waals surface area contributed by atoms with Crippen LogP contribution in [0, 0.1) is 5.92 Å². The predicted molar refractivity (Wildman–Crippen MR) is 78.8 cm³/mol. The Labute approximate surface area is 121 Å². The Kier molecular flexibility index (Phi) is 3.67. The lowest BCUT2D eigenvalue weighted by Gasteiger charge is -2.19. The normalized spacial score (nSPS) is 18.9. The predicted octanol–water partition coefficient (Wildman–Crippen LogP) is 1.20. The Hall–Kier alpha value is -1.53. The Morgan fingerprint density at radius 3 is 3.00 bits per heavy atom. The molecule has 0 radical (unpaired) electrons. The van der Waals surface area contributed by atoms with E-state index in [1.807, 2.05) is 6.07 Å². The summed E-state index contributed by atoms with van der Waals surface area (Å²) in [6.07, 6.45) is 2.28. The van der Waals surface area contributed by atoms with Crippen molar-refractivity contribution in [1.29, 1.82) is 0 Å². The van der Waals surface area contributed by atoms with Gasteiger partial charge in [-0.15, -0.1) is 11.8 Å². The third kappa shape index (κ3) is 2.81. The summed E-state index contributed by atoms with van der Waals surface area (Å²) in [6.45, 7) is 0.466. The highest BCUT2D eigenvalue weighted by atomic mass is 32.2. The van der Waals surface area contributed by atoms with Crippen LogP contribution in [0.1, 0.15) is 23.2 Å². The molecule has 3 rings (SSSR count). The molecule has 20 heavy (non-hydrogen) atoms. The van der Waals surface area contributed by atoms with E-state index >= 15 is 0 Å². The molecule has 0 aromatic heterocycles. The first-order chi connectivity index (χ1) is 9.67. The standard InChI is InChI=1S/C14H17N3O2S/c15-6-11(8-1-2-8)17-14(19)9-3-4-12-10(5-9)16-13(18)7-20-12/h3-5,8,11H,1-2,6-7,15H2,(H,16,18)(H,17,19). The van der Waals surface area contributed by atoms with E-state index in [-0.39, 0.29) is 17.9 Å². The lowest BCUT2D eigenvalue weighted by Crippen LogP contribution is -2.41. The molecule has 0 spiro atoms. The Morgan fingerprint density at radius 1 is 1.50 bits per heavy atom. The number of anilines is 1. The van der Waals surface area contributed by atoms with Gasteiger partial charge in [0.05, 0.1) is 11.4 Å². The summed E-state index contributed by atoms with van der Waals surface area (Å²) in [6, 6.07) is 5.46. The van der Waals surface area contributed by atoms with E-state index < -0.39 is 0 Å². The molecule has 1 aliphatic carbocycles. The van der Waals surface area contributed by atoms with Crippen LogP contribution in [0.5, 0.6) is 0 Å². The summed E-state index contributed by atoms with van der Waals surface area (Å²) in [5.41, 5.74) is 6.97. The molecule has 0 bridgehead atoms. The minimum atomic E-state index is -0.125. The number of benzene rings is 1. The minimum Gasteiger partial charge on any atom is -0.348 e. The second kappa shape index (κ2) is 5.46. The fraction of sp³-hybridized carbons (Fsp3) is 0.429. The first-order valence-electron chi connectivity index (χ1n) is 6.75. The molecule has 0 saturated heterocycles. The molecule has 5 nitrogen and oxygen atoms in total. The summed E-state index contributed by atoms with van der Waals surface area (Å²) in [7, 11) is 0. The first-order valence-corrected chi connectivity index (χ1v) is 7.73. The van der Waals surface area contributed by atoms with Crippen molar-refractivity contribution in [3.63, 3.8) is 0 Å². The van der Waals surface area contributed by atoms with Crippen LogP contribution in [-0.4, -0.2) is 30.2 Å². The molecule has 1 atom stereocenters. The number of hydrogen-bond acceptors (Lipinski definition) is 4. The maximum absolute atomic E-state index is 12.2. The molecule has 1 aliphatic heterocycles. The molecule has 4 N–H and O–H groups in total. The Morgan fingerprint density at radius 2 is 2.30 bits per heavy atom. The number of nitrogens with two attached hydrogens (primary N) is 1. The van der Waals surface area contributed by atoms with Gasteiger partial charge < -0.3 is 16.4 Å². The van der Waals surface area contributed by atoms with Gasteiger partial charge in [-0.25, -0.2) is 0 Å². The van der Waals surface area contributed by atoms with Gasteiger partial charge in [0.15, 0.2) is 0 Å². The van der Waals surface area contributed by atoms with E-state index in [2.05, 4.69) is 10.6 Å². The topological polar surface area (TPSA) is 84.2 Å². The van der Waals surface area contributed by atoms with Gasteiger partial charge in [0.25, 0.3) is 5.91 Å². The molecule has 2 aliphatic rings. The first kappa shape index (κ1) is 13.5. The van der Waals surface area contributed by atoms with Crippen molar-refractivity contribution >= 4 is 29.3 Å². The number of fused-ring (bicyclic) bond motifs is 1. The summed E-state index contributed by atoms with van der Waals surface area (Å²) < 4.78 is 0.